The minimum Gasteiger partial charge on any atom is -0.392 e. The van der Waals surface area contributed by atoms with Crippen molar-refractivity contribution in [2.45, 2.75) is 6.61 Å². The summed E-state index contributed by atoms with van der Waals surface area (Å²) in [7, 11) is 1.64. The van der Waals surface area contributed by atoms with Crippen molar-refractivity contribution in [3.8, 4) is 11.3 Å². The summed E-state index contributed by atoms with van der Waals surface area (Å²) in [5, 5.41) is 13.2. The Balaban J connectivity index is 2.61. The number of aliphatic hydroxyl groups is 1. The first-order chi connectivity index (χ1) is 8.02. The summed E-state index contributed by atoms with van der Waals surface area (Å²) < 4.78 is 27.6. The molecule has 0 amide bonds. The molecule has 0 unspecified atom stereocenters. The van der Waals surface area contributed by atoms with Crippen molar-refractivity contribution in [1.82, 2.24) is 9.78 Å². The van der Waals surface area contributed by atoms with Crippen LogP contribution in [0.15, 0.2) is 18.2 Å². The Morgan fingerprint density at radius 2 is 1.94 bits per heavy atom. The second-order valence-electron chi connectivity index (χ2n) is 3.66. The van der Waals surface area contributed by atoms with Crippen molar-refractivity contribution in [2.75, 3.05) is 5.73 Å². The number of halogens is 2. The van der Waals surface area contributed by atoms with Gasteiger partial charge in [-0.2, -0.15) is 5.10 Å². The van der Waals surface area contributed by atoms with E-state index in [9.17, 15) is 8.78 Å². The van der Waals surface area contributed by atoms with Crippen LogP contribution >= 0.6 is 0 Å². The summed E-state index contributed by atoms with van der Waals surface area (Å²) in [6.07, 6.45) is 0. The highest BCUT2D eigenvalue weighted by atomic mass is 19.2. The predicted octanol–water partition coefficient (Wildman–Crippen LogP) is 1.44. The molecule has 0 aliphatic rings. The molecule has 17 heavy (non-hydrogen) atoms. The molecule has 0 radical (unpaired) electrons. The van der Waals surface area contributed by atoms with Gasteiger partial charge in [0.15, 0.2) is 11.6 Å². The van der Waals surface area contributed by atoms with Gasteiger partial charge in [-0.05, 0) is 17.7 Å². The van der Waals surface area contributed by atoms with E-state index in [1.165, 1.54) is 10.7 Å². The zero-order chi connectivity index (χ0) is 12.6. The van der Waals surface area contributed by atoms with E-state index in [2.05, 4.69) is 5.10 Å². The van der Waals surface area contributed by atoms with Crippen LogP contribution in [0.1, 0.15) is 5.56 Å². The monoisotopic (exact) mass is 239 g/mol. The third-order valence-electron chi connectivity index (χ3n) is 2.51. The van der Waals surface area contributed by atoms with Crippen LogP contribution in [0.25, 0.3) is 11.3 Å². The van der Waals surface area contributed by atoms with Gasteiger partial charge in [-0.25, -0.2) is 8.78 Å². The van der Waals surface area contributed by atoms with E-state index < -0.39 is 18.2 Å². The molecular formula is C11H11F2N3O. The maximum Gasteiger partial charge on any atom is 0.159 e. The van der Waals surface area contributed by atoms with Gasteiger partial charge in [-0.3, -0.25) is 4.68 Å². The van der Waals surface area contributed by atoms with Crippen LogP contribution in [0, 0.1) is 11.6 Å². The van der Waals surface area contributed by atoms with Crippen molar-refractivity contribution in [1.29, 1.82) is 0 Å². The number of aromatic nitrogens is 2. The SMILES string of the molecule is Cn1nc(-c2cc(F)c(F)cc2CO)cc1N. The summed E-state index contributed by atoms with van der Waals surface area (Å²) in [5.74, 6) is -1.59. The van der Waals surface area contributed by atoms with Crippen molar-refractivity contribution in [3.63, 3.8) is 0 Å². The van der Waals surface area contributed by atoms with Crippen LogP contribution in [0.4, 0.5) is 14.6 Å². The lowest BCUT2D eigenvalue weighted by Crippen LogP contribution is -1.98. The lowest BCUT2D eigenvalue weighted by molar-refractivity contribution is 0.281. The third-order valence-corrected chi connectivity index (χ3v) is 2.51. The summed E-state index contributed by atoms with van der Waals surface area (Å²) in [6, 6.07) is 3.49. The molecule has 0 saturated carbocycles. The van der Waals surface area contributed by atoms with E-state index in [1.54, 1.807) is 7.05 Å². The van der Waals surface area contributed by atoms with Gasteiger partial charge in [0.2, 0.25) is 0 Å². The van der Waals surface area contributed by atoms with Gasteiger partial charge in [0.05, 0.1) is 12.3 Å². The molecule has 0 aliphatic carbocycles. The molecule has 4 nitrogen and oxygen atoms in total. The standard InChI is InChI=1S/C11H11F2N3O/c1-16-11(14)4-10(15-16)7-3-9(13)8(12)2-6(7)5-17/h2-4,17H,5,14H2,1H3. The molecule has 0 bridgehead atoms. The number of nitrogens with zero attached hydrogens (tertiary/aromatic N) is 2. The summed E-state index contributed by atoms with van der Waals surface area (Å²) >= 11 is 0. The van der Waals surface area contributed by atoms with Crippen LogP contribution in [-0.2, 0) is 13.7 Å². The maximum absolute atomic E-state index is 13.2. The number of benzene rings is 1. The second-order valence-corrected chi connectivity index (χ2v) is 3.66. The highest BCUT2D eigenvalue weighted by Gasteiger charge is 2.14. The Morgan fingerprint density at radius 1 is 1.29 bits per heavy atom. The first-order valence-electron chi connectivity index (χ1n) is 4.91. The quantitative estimate of drug-likeness (QED) is 0.833. The van der Waals surface area contributed by atoms with E-state index >= 15 is 0 Å². The van der Waals surface area contributed by atoms with Crippen molar-refractivity contribution >= 4 is 5.82 Å². The fraction of sp³-hybridized carbons (Fsp3) is 0.182. The molecule has 2 rings (SSSR count). The Kier molecular flexibility index (Phi) is 2.81. The topological polar surface area (TPSA) is 64.1 Å². The molecule has 3 N–H and O–H groups in total. The highest BCUT2D eigenvalue weighted by Crippen LogP contribution is 2.26. The minimum atomic E-state index is -0.998. The Bertz CT molecular complexity index is 547. The molecule has 0 fully saturated rings. The van der Waals surface area contributed by atoms with Gasteiger partial charge in [0.1, 0.15) is 5.82 Å². The zero-order valence-corrected chi connectivity index (χ0v) is 9.11. The smallest absolute Gasteiger partial charge is 0.159 e. The molecule has 0 saturated heterocycles. The first kappa shape index (κ1) is 11.5. The predicted molar refractivity (Wildman–Crippen MR) is 58.9 cm³/mol. The average molecular weight is 239 g/mol. The normalized spacial score (nSPS) is 10.8. The summed E-state index contributed by atoms with van der Waals surface area (Å²) in [6.45, 7) is -0.400. The van der Waals surface area contributed by atoms with Crippen molar-refractivity contribution < 1.29 is 13.9 Å². The van der Waals surface area contributed by atoms with E-state index in [0.29, 0.717) is 17.1 Å². The summed E-state index contributed by atoms with van der Waals surface area (Å²) in [4.78, 5) is 0. The van der Waals surface area contributed by atoms with E-state index in [0.717, 1.165) is 12.1 Å². The number of aryl methyl sites for hydroxylation is 1. The highest BCUT2D eigenvalue weighted by molar-refractivity contribution is 5.66. The number of aliphatic hydroxyl groups excluding tert-OH is 1. The van der Waals surface area contributed by atoms with Crippen LogP contribution in [0.5, 0.6) is 0 Å². The molecule has 90 valence electrons. The van der Waals surface area contributed by atoms with Crippen molar-refractivity contribution in [2.24, 2.45) is 7.05 Å². The Morgan fingerprint density at radius 3 is 2.47 bits per heavy atom. The van der Waals surface area contributed by atoms with Gasteiger partial charge in [-0.15, -0.1) is 0 Å². The zero-order valence-electron chi connectivity index (χ0n) is 9.11. The van der Waals surface area contributed by atoms with Gasteiger partial charge in [0.25, 0.3) is 0 Å². The molecule has 1 heterocycles. The lowest BCUT2D eigenvalue weighted by atomic mass is 10.0. The number of anilines is 1. The molecule has 6 heteroatoms. The van der Waals surface area contributed by atoms with E-state index in [-0.39, 0.29) is 5.56 Å². The molecule has 1 aromatic heterocycles. The first-order valence-corrected chi connectivity index (χ1v) is 4.91. The number of hydrogen-bond donors (Lipinski definition) is 2. The molecular weight excluding hydrogens is 228 g/mol. The minimum absolute atomic E-state index is 0.266. The lowest BCUT2D eigenvalue weighted by Gasteiger charge is -2.05. The van der Waals surface area contributed by atoms with Crippen molar-refractivity contribution in [3.05, 3.63) is 35.4 Å². The van der Waals surface area contributed by atoms with Gasteiger partial charge in [0, 0.05) is 18.7 Å². The van der Waals surface area contributed by atoms with Crippen LogP contribution in [0.2, 0.25) is 0 Å². The fourth-order valence-corrected chi connectivity index (χ4v) is 1.57. The molecule has 0 atom stereocenters. The number of nitrogen functional groups attached to an aromatic ring is 1. The molecule has 0 spiro atoms. The Hall–Kier alpha value is -1.95. The van der Waals surface area contributed by atoms with E-state index in [4.69, 9.17) is 10.8 Å². The Labute approximate surface area is 96.3 Å². The average Bonchev–Trinajstić information content (AvgIpc) is 2.62. The second kappa shape index (κ2) is 4.14. The summed E-state index contributed by atoms with van der Waals surface area (Å²) in [5.41, 5.74) is 6.60. The largest absolute Gasteiger partial charge is 0.392 e. The van der Waals surface area contributed by atoms with Gasteiger partial charge < -0.3 is 10.8 Å². The third kappa shape index (κ3) is 1.99. The number of hydrogen-bond acceptors (Lipinski definition) is 3. The number of rotatable bonds is 2. The molecule has 2 aromatic rings. The van der Waals surface area contributed by atoms with Crippen LogP contribution in [0.3, 0.4) is 0 Å². The van der Waals surface area contributed by atoms with Gasteiger partial charge >= 0.3 is 0 Å². The molecule has 1 aromatic carbocycles. The van der Waals surface area contributed by atoms with Crippen LogP contribution in [-0.4, -0.2) is 14.9 Å². The number of nitrogens with two attached hydrogens (primary N) is 1. The molecule has 0 aliphatic heterocycles. The van der Waals surface area contributed by atoms with Gasteiger partial charge in [-0.1, -0.05) is 0 Å². The maximum atomic E-state index is 13.2. The fourth-order valence-electron chi connectivity index (χ4n) is 1.57. The van der Waals surface area contributed by atoms with Crippen LogP contribution < -0.4 is 5.73 Å². The van der Waals surface area contributed by atoms with E-state index in [1.807, 2.05) is 0 Å².